The first kappa shape index (κ1) is 15.7. The Morgan fingerprint density at radius 3 is 2.68 bits per heavy atom. The van der Waals surface area contributed by atoms with E-state index in [2.05, 4.69) is 14.9 Å². The van der Waals surface area contributed by atoms with Crippen LogP contribution in [0.2, 0.25) is 10.0 Å². The number of carbonyl (C=O) groups is 1. The van der Waals surface area contributed by atoms with Gasteiger partial charge in [0.25, 0.3) is 0 Å². The number of amides is 1. The topological polar surface area (TPSA) is 54.9 Å². The number of aryl methyl sites for hydroxylation is 1. The number of hydrogen-bond acceptors (Lipinski definition) is 4. The molecule has 0 aliphatic heterocycles. The maximum absolute atomic E-state index is 12.7. The summed E-state index contributed by atoms with van der Waals surface area (Å²) in [6.07, 6.45) is 2.70. The molecule has 1 aromatic carbocycles. The zero-order chi connectivity index (χ0) is 15.7. The summed E-state index contributed by atoms with van der Waals surface area (Å²) >= 11 is 13.4. The molecule has 1 heterocycles. The minimum Gasteiger partial charge on any atom is -0.350 e. The van der Waals surface area contributed by atoms with Crippen LogP contribution in [0.15, 0.2) is 18.2 Å². The summed E-state index contributed by atoms with van der Waals surface area (Å²) in [7, 11) is 0. The second kappa shape index (κ2) is 6.14. The number of nitrogens with one attached hydrogen (secondary N) is 1. The lowest BCUT2D eigenvalue weighted by Crippen LogP contribution is -2.49. The highest BCUT2D eigenvalue weighted by atomic mass is 35.5. The molecule has 116 valence electrons. The summed E-state index contributed by atoms with van der Waals surface area (Å²) < 4.78 is 3.88. The van der Waals surface area contributed by atoms with E-state index in [0.717, 1.165) is 35.4 Å². The molecule has 1 N–H and O–H groups in total. The van der Waals surface area contributed by atoms with E-state index in [9.17, 15) is 4.79 Å². The molecule has 7 heteroatoms. The SMILES string of the molecule is Cc1nnsc1CNC(=O)C1(c2ccc(Cl)c(Cl)c2)CCC1. The van der Waals surface area contributed by atoms with Crippen LogP contribution >= 0.6 is 34.7 Å². The number of aromatic nitrogens is 2. The maximum atomic E-state index is 12.7. The smallest absolute Gasteiger partial charge is 0.230 e. The Bertz CT molecular complexity index is 713. The van der Waals surface area contributed by atoms with Crippen LogP contribution in [0.25, 0.3) is 0 Å². The van der Waals surface area contributed by atoms with Crippen LogP contribution in [0, 0.1) is 6.92 Å². The molecule has 0 radical (unpaired) electrons. The highest BCUT2D eigenvalue weighted by molar-refractivity contribution is 7.05. The Morgan fingerprint density at radius 1 is 1.36 bits per heavy atom. The second-order valence-electron chi connectivity index (χ2n) is 5.53. The predicted molar refractivity (Wildman–Crippen MR) is 88.5 cm³/mol. The minimum atomic E-state index is -0.486. The number of nitrogens with zero attached hydrogens (tertiary/aromatic N) is 2. The van der Waals surface area contributed by atoms with Gasteiger partial charge in [-0.1, -0.05) is 40.2 Å². The molecule has 1 saturated carbocycles. The van der Waals surface area contributed by atoms with Gasteiger partial charge in [0.2, 0.25) is 5.91 Å². The summed E-state index contributed by atoms with van der Waals surface area (Å²) in [6, 6.07) is 5.46. The molecule has 0 bridgehead atoms. The predicted octanol–water partition coefficient (Wildman–Crippen LogP) is 3.89. The summed E-state index contributed by atoms with van der Waals surface area (Å²) in [5.74, 6) is 0.0324. The van der Waals surface area contributed by atoms with Crippen molar-refractivity contribution in [3.8, 4) is 0 Å². The fourth-order valence-electron chi connectivity index (χ4n) is 2.71. The molecule has 22 heavy (non-hydrogen) atoms. The van der Waals surface area contributed by atoms with E-state index in [1.807, 2.05) is 19.1 Å². The van der Waals surface area contributed by atoms with Crippen LogP contribution in [-0.2, 0) is 16.8 Å². The largest absolute Gasteiger partial charge is 0.350 e. The van der Waals surface area contributed by atoms with Gasteiger partial charge in [-0.15, -0.1) is 5.10 Å². The molecule has 1 aliphatic rings. The second-order valence-corrected chi connectivity index (χ2v) is 7.18. The van der Waals surface area contributed by atoms with Crippen molar-refractivity contribution in [2.75, 3.05) is 0 Å². The molecule has 3 rings (SSSR count). The monoisotopic (exact) mass is 355 g/mol. The van der Waals surface area contributed by atoms with Crippen molar-refractivity contribution in [1.29, 1.82) is 0 Å². The number of carbonyl (C=O) groups excluding carboxylic acids is 1. The quantitative estimate of drug-likeness (QED) is 0.904. The van der Waals surface area contributed by atoms with Crippen LogP contribution in [0.5, 0.6) is 0 Å². The standard InChI is InChI=1S/C15H15Cl2N3OS/c1-9-13(22-20-19-9)8-18-14(21)15(5-2-6-15)10-3-4-11(16)12(17)7-10/h3-4,7H,2,5-6,8H2,1H3,(H,18,21). The van der Waals surface area contributed by atoms with Gasteiger partial charge < -0.3 is 5.32 Å². The molecule has 0 saturated heterocycles. The third-order valence-corrected chi connectivity index (χ3v) is 5.83. The Hall–Kier alpha value is -1.17. The van der Waals surface area contributed by atoms with Crippen molar-refractivity contribution in [3.63, 3.8) is 0 Å². The average Bonchev–Trinajstić information content (AvgIpc) is 2.84. The Kier molecular flexibility index (Phi) is 4.39. The zero-order valence-electron chi connectivity index (χ0n) is 12.0. The van der Waals surface area contributed by atoms with E-state index >= 15 is 0 Å². The van der Waals surface area contributed by atoms with Crippen LogP contribution in [0.3, 0.4) is 0 Å². The van der Waals surface area contributed by atoms with Gasteiger partial charge in [-0.3, -0.25) is 4.79 Å². The van der Waals surface area contributed by atoms with Crippen LogP contribution in [0.1, 0.15) is 35.4 Å². The third-order valence-electron chi connectivity index (χ3n) is 4.27. The number of hydrogen-bond donors (Lipinski definition) is 1. The van der Waals surface area contributed by atoms with Gasteiger partial charge in [0, 0.05) is 0 Å². The van der Waals surface area contributed by atoms with E-state index in [1.165, 1.54) is 11.5 Å². The molecule has 1 fully saturated rings. The summed E-state index contributed by atoms with van der Waals surface area (Å²) in [4.78, 5) is 13.7. The van der Waals surface area contributed by atoms with Crippen molar-refractivity contribution in [2.45, 2.75) is 38.1 Å². The first-order valence-electron chi connectivity index (χ1n) is 7.04. The molecule has 1 aliphatic carbocycles. The molecule has 1 amide bonds. The molecular formula is C15H15Cl2N3OS. The summed E-state index contributed by atoms with van der Waals surface area (Å²) in [5, 5.41) is 7.97. The van der Waals surface area contributed by atoms with E-state index in [1.54, 1.807) is 6.07 Å². The first-order valence-corrected chi connectivity index (χ1v) is 8.57. The fourth-order valence-corrected chi connectivity index (χ4v) is 3.58. The van der Waals surface area contributed by atoms with Gasteiger partial charge in [0.05, 0.1) is 32.6 Å². The lowest BCUT2D eigenvalue weighted by atomic mass is 9.64. The van der Waals surface area contributed by atoms with Crippen LogP contribution in [-0.4, -0.2) is 15.5 Å². The lowest BCUT2D eigenvalue weighted by molar-refractivity contribution is -0.130. The van der Waals surface area contributed by atoms with Crippen molar-refractivity contribution >= 4 is 40.6 Å². The van der Waals surface area contributed by atoms with E-state index in [-0.39, 0.29) is 5.91 Å². The third kappa shape index (κ3) is 2.73. The molecule has 0 spiro atoms. The van der Waals surface area contributed by atoms with Gasteiger partial charge in [-0.05, 0) is 49.0 Å². The Labute approximate surface area is 143 Å². The van der Waals surface area contributed by atoms with Gasteiger partial charge in [0.15, 0.2) is 0 Å². The zero-order valence-corrected chi connectivity index (χ0v) is 14.4. The normalized spacial score (nSPS) is 16.1. The summed E-state index contributed by atoms with van der Waals surface area (Å²) in [6.45, 7) is 2.36. The maximum Gasteiger partial charge on any atom is 0.230 e. The minimum absolute atomic E-state index is 0.0324. The van der Waals surface area contributed by atoms with Gasteiger partial charge in [-0.2, -0.15) is 0 Å². The highest BCUT2D eigenvalue weighted by Crippen LogP contribution is 2.45. The number of benzene rings is 1. The van der Waals surface area contributed by atoms with E-state index in [4.69, 9.17) is 23.2 Å². The Balaban J connectivity index is 1.78. The average molecular weight is 356 g/mol. The van der Waals surface area contributed by atoms with Crippen molar-refractivity contribution in [3.05, 3.63) is 44.4 Å². The van der Waals surface area contributed by atoms with Crippen molar-refractivity contribution in [1.82, 2.24) is 14.9 Å². The van der Waals surface area contributed by atoms with E-state index in [0.29, 0.717) is 16.6 Å². The molecule has 4 nitrogen and oxygen atoms in total. The molecule has 2 aromatic rings. The number of halogens is 2. The lowest BCUT2D eigenvalue weighted by Gasteiger charge is -2.40. The highest BCUT2D eigenvalue weighted by Gasteiger charge is 2.45. The first-order chi connectivity index (χ1) is 10.5. The number of rotatable bonds is 4. The van der Waals surface area contributed by atoms with Crippen LogP contribution < -0.4 is 5.32 Å². The van der Waals surface area contributed by atoms with E-state index < -0.39 is 5.41 Å². The molecular weight excluding hydrogens is 341 g/mol. The van der Waals surface area contributed by atoms with Gasteiger partial charge in [0.1, 0.15) is 0 Å². The van der Waals surface area contributed by atoms with Crippen molar-refractivity contribution in [2.24, 2.45) is 0 Å². The fraction of sp³-hybridized carbons (Fsp3) is 0.400. The Morgan fingerprint density at radius 2 is 2.14 bits per heavy atom. The van der Waals surface area contributed by atoms with Gasteiger partial charge >= 0.3 is 0 Å². The van der Waals surface area contributed by atoms with Crippen molar-refractivity contribution < 1.29 is 4.79 Å². The molecule has 0 atom stereocenters. The van der Waals surface area contributed by atoms with Crippen LogP contribution in [0.4, 0.5) is 0 Å². The molecule has 1 aromatic heterocycles. The molecule has 0 unspecified atom stereocenters. The van der Waals surface area contributed by atoms with Gasteiger partial charge in [-0.25, -0.2) is 0 Å². The summed E-state index contributed by atoms with van der Waals surface area (Å²) in [5.41, 5.74) is 1.31.